The lowest BCUT2D eigenvalue weighted by Gasteiger charge is -2.20. The molecule has 0 radical (unpaired) electrons. The predicted molar refractivity (Wildman–Crippen MR) is 109 cm³/mol. The van der Waals surface area contributed by atoms with Gasteiger partial charge in [-0.2, -0.15) is 0 Å². The molecule has 0 unspecified atom stereocenters. The van der Waals surface area contributed by atoms with Gasteiger partial charge >= 0.3 is 0 Å². The Hall–Kier alpha value is -0.870. The molecule has 0 spiro atoms. The van der Waals surface area contributed by atoms with E-state index in [4.69, 9.17) is 0 Å². The molecule has 136 valence electrons. The van der Waals surface area contributed by atoms with E-state index in [-0.39, 0.29) is 36.3 Å². The number of sulfonamides is 1. The van der Waals surface area contributed by atoms with Gasteiger partial charge in [0.25, 0.3) is 0 Å². The number of likely N-dealkylation sites (tertiary alicyclic amines) is 1. The standard InChI is InChI=1S/C16H26N4O2S.HI/c1-2-17-16(20-11-6-7-12-20)18-10-13-23(21,22)19-14-15-8-4-3-5-9-15;/h3-5,8-9,19H,2,6-7,10-14H2,1H3,(H,17,18);1H. The van der Waals surface area contributed by atoms with E-state index in [9.17, 15) is 8.42 Å². The molecule has 6 nitrogen and oxygen atoms in total. The largest absolute Gasteiger partial charge is 0.357 e. The lowest BCUT2D eigenvalue weighted by Crippen LogP contribution is -2.40. The molecule has 0 bridgehead atoms. The van der Waals surface area contributed by atoms with Crippen LogP contribution in [0.4, 0.5) is 0 Å². The molecule has 0 aliphatic carbocycles. The Morgan fingerprint density at radius 1 is 1.21 bits per heavy atom. The number of halogens is 1. The summed E-state index contributed by atoms with van der Waals surface area (Å²) in [5, 5.41) is 3.23. The van der Waals surface area contributed by atoms with Crippen LogP contribution >= 0.6 is 24.0 Å². The molecular formula is C16H27IN4O2S. The van der Waals surface area contributed by atoms with Gasteiger partial charge in [-0.15, -0.1) is 24.0 Å². The molecular weight excluding hydrogens is 439 g/mol. The fourth-order valence-electron chi connectivity index (χ4n) is 2.49. The van der Waals surface area contributed by atoms with Crippen molar-refractivity contribution in [3.8, 4) is 0 Å². The highest BCUT2D eigenvalue weighted by molar-refractivity contribution is 14.0. The van der Waals surface area contributed by atoms with Crippen molar-refractivity contribution in [1.82, 2.24) is 14.9 Å². The Bertz CT molecular complexity index is 602. The number of benzene rings is 1. The van der Waals surface area contributed by atoms with Crippen LogP contribution in [0.15, 0.2) is 35.3 Å². The van der Waals surface area contributed by atoms with Gasteiger partial charge in [0.1, 0.15) is 0 Å². The van der Waals surface area contributed by atoms with Gasteiger partial charge in [0.2, 0.25) is 10.0 Å². The fourth-order valence-corrected chi connectivity index (χ4v) is 3.35. The molecule has 1 aromatic rings. The summed E-state index contributed by atoms with van der Waals surface area (Å²) in [7, 11) is -3.32. The van der Waals surface area contributed by atoms with E-state index < -0.39 is 10.0 Å². The zero-order chi connectivity index (χ0) is 16.5. The minimum atomic E-state index is -3.32. The van der Waals surface area contributed by atoms with E-state index in [1.165, 1.54) is 12.8 Å². The van der Waals surface area contributed by atoms with Crippen molar-refractivity contribution >= 4 is 40.0 Å². The van der Waals surface area contributed by atoms with Gasteiger partial charge in [0.15, 0.2) is 5.96 Å². The van der Waals surface area contributed by atoms with Crippen molar-refractivity contribution in [2.75, 3.05) is 31.9 Å². The Kier molecular flexibility index (Phi) is 9.60. The van der Waals surface area contributed by atoms with Crippen LogP contribution in [0.3, 0.4) is 0 Å². The minimum absolute atomic E-state index is 0. The Labute approximate surface area is 162 Å². The highest BCUT2D eigenvalue weighted by Crippen LogP contribution is 2.07. The SMILES string of the molecule is CCNC(=NCCS(=O)(=O)NCc1ccccc1)N1CCCC1.I. The summed E-state index contributed by atoms with van der Waals surface area (Å²) in [6.07, 6.45) is 2.34. The lowest BCUT2D eigenvalue weighted by atomic mass is 10.2. The number of nitrogens with one attached hydrogen (secondary N) is 2. The van der Waals surface area contributed by atoms with Gasteiger partial charge in [0, 0.05) is 26.2 Å². The molecule has 2 rings (SSSR count). The fraction of sp³-hybridized carbons (Fsp3) is 0.562. The van der Waals surface area contributed by atoms with Crippen molar-refractivity contribution in [2.45, 2.75) is 26.3 Å². The smallest absolute Gasteiger partial charge is 0.213 e. The Morgan fingerprint density at radius 3 is 2.50 bits per heavy atom. The summed E-state index contributed by atoms with van der Waals surface area (Å²) >= 11 is 0. The molecule has 1 aliphatic heterocycles. The summed E-state index contributed by atoms with van der Waals surface area (Å²) in [5.41, 5.74) is 0.949. The van der Waals surface area contributed by atoms with Crippen LogP contribution in [-0.2, 0) is 16.6 Å². The molecule has 1 aromatic carbocycles. The second-order valence-corrected chi connectivity index (χ2v) is 7.48. The average molecular weight is 466 g/mol. The van der Waals surface area contributed by atoms with Gasteiger partial charge in [-0.1, -0.05) is 30.3 Å². The maximum Gasteiger partial charge on any atom is 0.213 e. The van der Waals surface area contributed by atoms with Crippen LogP contribution in [0.1, 0.15) is 25.3 Å². The minimum Gasteiger partial charge on any atom is -0.357 e. The molecule has 0 atom stereocenters. The monoisotopic (exact) mass is 466 g/mol. The Balaban J connectivity index is 0.00000288. The highest BCUT2D eigenvalue weighted by atomic mass is 127. The quantitative estimate of drug-likeness (QED) is 0.365. The van der Waals surface area contributed by atoms with Gasteiger partial charge in [0.05, 0.1) is 12.3 Å². The van der Waals surface area contributed by atoms with Crippen LogP contribution < -0.4 is 10.0 Å². The summed E-state index contributed by atoms with van der Waals surface area (Å²) in [4.78, 5) is 6.64. The molecule has 0 amide bonds. The first kappa shape index (κ1) is 21.2. The second-order valence-electron chi connectivity index (χ2n) is 5.56. The summed E-state index contributed by atoms with van der Waals surface area (Å²) in [5.74, 6) is 0.825. The molecule has 24 heavy (non-hydrogen) atoms. The highest BCUT2D eigenvalue weighted by Gasteiger charge is 2.16. The number of guanidine groups is 1. The topological polar surface area (TPSA) is 73.8 Å². The molecule has 1 fully saturated rings. The van der Waals surface area contributed by atoms with E-state index in [1.54, 1.807) is 0 Å². The second kappa shape index (κ2) is 10.9. The van der Waals surface area contributed by atoms with Gasteiger partial charge in [-0.25, -0.2) is 13.1 Å². The third kappa shape index (κ3) is 7.35. The normalized spacial score (nSPS) is 15.2. The lowest BCUT2D eigenvalue weighted by molar-refractivity contribution is 0.494. The molecule has 1 heterocycles. The van der Waals surface area contributed by atoms with E-state index in [2.05, 4.69) is 19.9 Å². The molecule has 0 saturated carbocycles. The van der Waals surface area contributed by atoms with Crippen LogP contribution in [0, 0.1) is 0 Å². The number of nitrogens with zero attached hydrogens (tertiary/aromatic N) is 2. The van der Waals surface area contributed by atoms with E-state index in [0.717, 1.165) is 31.2 Å². The number of hydrogen-bond donors (Lipinski definition) is 2. The maximum atomic E-state index is 12.1. The van der Waals surface area contributed by atoms with E-state index in [0.29, 0.717) is 6.54 Å². The van der Waals surface area contributed by atoms with Crippen molar-refractivity contribution in [2.24, 2.45) is 4.99 Å². The molecule has 8 heteroatoms. The Morgan fingerprint density at radius 2 is 1.88 bits per heavy atom. The van der Waals surface area contributed by atoms with Gasteiger partial charge in [-0.05, 0) is 25.3 Å². The van der Waals surface area contributed by atoms with Crippen LogP contribution in [0.5, 0.6) is 0 Å². The summed E-state index contributed by atoms with van der Waals surface area (Å²) < 4.78 is 26.7. The molecule has 2 N–H and O–H groups in total. The average Bonchev–Trinajstić information content (AvgIpc) is 3.07. The van der Waals surface area contributed by atoms with Gasteiger partial charge in [-0.3, -0.25) is 4.99 Å². The maximum absolute atomic E-state index is 12.1. The predicted octanol–water partition coefficient (Wildman–Crippen LogP) is 1.79. The third-order valence-electron chi connectivity index (χ3n) is 3.70. The number of aliphatic imine (C=N–C) groups is 1. The third-order valence-corrected chi connectivity index (χ3v) is 5.01. The first-order valence-electron chi connectivity index (χ1n) is 8.15. The van der Waals surface area contributed by atoms with Crippen molar-refractivity contribution in [3.63, 3.8) is 0 Å². The summed E-state index contributed by atoms with van der Waals surface area (Å²) in [6, 6.07) is 9.50. The van der Waals surface area contributed by atoms with Crippen LogP contribution in [0.25, 0.3) is 0 Å². The summed E-state index contributed by atoms with van der Waals surface area (Å²) in [6.45, 7) is 5.37. The van der Waals surface area contributed by atoms with Gasteiger partial charge < -0.3 is 10.2 Å². The molecule has 1 saturated heterocycles. The number of hydrogen-bond acceptors (Lipinski definition) is 3. The van der Waals surface area contributed by atoms with E-state index in [1.807, 2.05) is 37.3 Å². The number of rotatable bonds is 7. The first-order chi connectivity index (χ1) is 11.1. The van der Waals surface area contributed by atoms with Crippen LogP contribution in [-0.4, -0.2) is 51.2 Å². The van der Waals surface area contributed by atoms with Crippen molar-refractivity contribution in [1.29, 1.82) is 0 Å². The van der Waals surface area contributed by atoms with E-state index >= 15 is 0 Å². The molecule has 0 aromatic heterocycles. The van der Waals surface area contributed by atoms with Crippen molar-refractivity contribution < 1.29 is 8.42 Å². The zero-order valence-electron chi connectivity index (χ0n) is 14.1. The zero-order valence-corrected chi connectivity index (χ0v) is 17.2. The molecule has 1 aliphatic rings. The first-order valence-corrected chi connectivity index (χ1v) is 9.80. The van der Waals surface area contributed by atoms with Crippen molar-refractivity contribution in [3.05, 3.63) is 35.9 Å². The van der Waals surface area contributed by atoms with Crippen LogP contribution in [0.2, 0.25) is 0 Å².